The molecule has 2 N–H and O–H groups in total. The molecule has 1 amide bonds. The van der Waals surface area contributed by atoms with Crippen LogP contribution in [-0.2, 0) is 14.6 Å². The zero-order chi connectivity index (χ0) is 13.9. The molecule has 0 aromatic rings. The Kier molecular flexibility index (Phi) is 4.84. The summed E-state index contributed by atoms with van der Waals surface area (Å²) >= 11 is 0. The molecule has 0 spiro atoms. The van der Waals surface area contributed by atoms with E-state index >= 15 is 0 Å². The summed E-state index contributed by atoms with van der Waals surface area (Å²) in [4.78, 5) is 12.0. The molecule has 1 saturated heterocycles. The highest BCUT2D eigenvalue weighted by molar-refractivity contribution is 7.91. The van der Waals surface area contributed by atoms with Crippen molar-refractivity contribution in [3.05, 3.63) is 0 Å². The first-order valence-electron chi connectivity index (χ1n) is 7.23. The summed E-state index contributed by atoms with van der Waals surface area (Å²) in [5.41, 5.74) is 0. The molecule has 0 bridgehead atoms. The summed E-state index contributed by atoms with van der Waals surface area (Å²) in [6.07, 6.45) is 5.80. The molecule has 0 radical (unpaired) electrons. The molecule has 6 heteroatoms. The summed E-state index contributed by atoms with van der Waals surface area (Å²) in [6, 6.07) is 0.239. The first-order valence-corrected chi connectivity index (χ1v) is 9.05. The van der Waals surface area contributed by atoms with Crippen LogP contribution in [0.4, 0.5) is 0 Å². The summed E-state index contributed by atoms with van der Waals surface area (Å²) in [6.45, 7) is 1.85. The van der Waals surface area contributed by atoms with Gasteiger partial charge in [0.2, 0.25) is 5.91 Å². The van der Waals surface area contributed by atoms with Crippen LogP contribution < -0.4 is 10.6 Å². The number of sulfone groups is 1. The van der Waals surface area contributed by atoms with Crippen LogP contribution in [-0.4, -0.2) is 44.0 Å². The van der Waals surface area contributed by atoms with Gasteiger partial charge in [-0.05, 0) is 32.6 Å². The lowest BCUT2D eigenvalue weighted by molar-refractivity contribution is -0.123. The Morgan fingerprint density at radius 2 is 1.63 bits per heavy atom. The third-order valence-corrected chi connectivity index (χ3v) is 5.85. The maximum absolute atomic E-state index is 12.0. The van der Waals surface area contributed by atoms with Crippen LogP contribution in [0.5, 0.6) is 0 Å². The SMILES string of the molecule is CC(NC1CCS(=O)(=O)CC1)C(=O)NC1CCCC1. The third kappa shape index (κ3) is 4.45. The van der Waals surface area contributed by atoms with Gasteiger partial charge >= 0.3 is 0 Å². The van der Waals surface area contributed by atoms with E-state index in [4.69, 9.17) is 0 Å². The van der Waals surface area contributed by atoms with Gasteiger partial charge in [0, 0.05) is 12.1 Å². The second-order valence-corrected chi connectivity index (χ2v) is 8.11. The molecular weight excluding hydrogens is 264 g/mol. The molecule has 19 heavy (non-hydrogen) atoms. The summed E-state index contributed by atoms with van der Waals surface area (Å²) < 4.78 is 22.7. The van der Waals surface area contributed by atoms with Crippen LogP contribution in [0, 0.1) is 0 Å². The highest BCUT2D eigenvalue weighted by Gasteiger charge is 2.27. The van der Waals surface area contributed by atoms with Gasteiger partial charge < -0.3 is 10.6 Å². The zero-order valence-corrected chi connectivity index (χ0v) is 12.3. The largest absolute Gasteiger partial charge is 0.352 e. The second kappa shape index (κ2) is 6.22. The number of hydrogen-bond acceptors (Lipinski definition) is 4. The minimum absolute atomic E-state index is 0.0420. The average molecular weight is 288 g/mol. The molecule has 5 nitrogen and oxygen atoms in total. The Bertz CT molecular complexity index is 402. The lowest BCUT2D eigenvalue weighted by Gasteiger charge is -2.26. The highest BCUT2D eigenvalue weighted by atomic mass is 32.2. The van der Waals surface area contributed by atoms with Crippen molar-refractivity contribution in [1.82, 2.24) is 10.6 Å². The van der Waals surface area contributed by atoms with Crippen LogP contribution in [0.15, 0.2) is 0 Å². The Labute approximate surface area is 115 Å². The zero-order valence-electron chi connectivity index (χ0n) is 11.5. The lowest BCUT2D eigenvalue weighted by atomic mass is 10.1. The lowest BCUT2D eigenvalue weighted by Crippen LogP contribution is -2.50. The van der Waals surface area contributed by atoms with Gasteiger partial charge in [-0.1, -0.05) is 12.8 Å². The van der Waals surface area contributed by atoms with Crippen LogP contribution >= 0.6 is 0 Å². The molecule has 1 atom stereocenters. The van der Waals surface area contributed by atoms with Gasteiger partial charge in [-0.2, -0.15) is 0 Å². The molecule has 1 saturated carbocycles. The van der Waals surface area contributed by atoms with E-state index in [2.05, 4.69) is 10.6 Å². The van der Waals surface area contributed by atoms with Crippen LogP contribution in [0.3, 0.4) is 0 Å². The minimum atomic E-state index is -2.83. The topological polar surface area (TPSA) is 75.3 Å². The summed E-state index contributed by atoms with van der Waals surface area (Å²) in [5.74, 6) is 0.517. The number of rotatable bonds is 4. The Morgan fingerprint density at radius 1 is 1.05 bits per heavy atom. The molecule has 2 aliphatic rings. The second-order valence-electron chi connectivity index (χ2n) is 5.80. The molecular formula is C13H24N2O3S. The molecule has 110 valence electrons. The maximum atomic E-state index is 12.0. The van der Waals surface area contributed by atoms with Crippen molar-refractivity contribution >= 4 is 15.7 Å². The Morgan fingerprint density at radius 3 is 2.21 bits per heavy atom. The van der Waals surface area contributed by atoms with Gasteiger partial charge in [0.1, 0.15) is 9.84 Å². The quantitative estimate of drug-likeness (QED) is 0.794. The highest BCUT2D eigenvalue weighted by Crippen LogP contribution is 2.18. The van der Waals surface area contributed by atoms with E-state index < -0.39 is 9.84 Å². The fraction of sp³-hybridized carbons (Fsp3) is 0.923. The summed E-state index contributed by atoms with van der Waals surface area (Å²) in [7, 11) is -2.83. The van der Waals surface area contributed by atoms with Gasteiger partial charge in [0.15, 0.2) is 0 Å². The molecule has 0 aromatic heterocycles. The van der Waals surface area contributed by atoms with Crippen molar-refractivity contribution in [3.8, 4) is 0 Å². The smallest absolute Gasteiger partial charge is 0.237 e. The van der Waals surface area contributed by atoms with Crippen molar-refractivity contribution in [2.45, 2.75) is 63.6 Å². The van der Waals surface area contributed by atoms with E-state index in [-0.39, 0.29) is 29.5 Å². The Balaban J connectivity index is 1.74. The van der Waals surface area contributed by atoms with Gasteiger partial charge in [-0.15, -0.1) is 0 Å². The van der Waals surface area contributed by atoms with Crippen molar-refractivity contribution in [3.63, 3.8) is 0 Å². The first kappa shape index (κ1) is 14.8. The molecule has 2 fully saturated rings. The number of nitrogens with one attached hydrogen (secondary N) is 2. The van der Waals surface area contributed by atoms with Gasteiger partial charge in [0.05, 0.1) is 17.5 Å². The first-order chi connectivity index (χ1) is 8.96. The van der Waals surface area contributed by atoms with Crippen molar-refractivity contribution in [2.75, 3.05) is 11.5 Å². The maximum Gasteiger partial charge on any atom is 0.237 e. The fourth-order valence-corrected chi connectivity index (χ4v) is 4.37. The van der Waals surface area contributed by atoms with E-state index in [1.165, 1.54) is 12.8 Å². The fourth-order valence-electron chi connectivity index (χ4n) is 2.88. The predicted octanol–water partition coefficient (Wildman–Crippen LogP) is 0.600. The molecule has 0 aromatic carbocycles. The molecule has 1 aliphatic carbocycles. The van der Waals surface area contributed by atoms with Crippen molar-refractivity contribution in [2.24, 2.45) is 0 Å². The number of carbonyl (C=O) groups excluding carboxylic acids is 1. The minimum Gasteiger partial charge on any atom is -0.352 e. The van der Waals surface area contributed by atoms with E-state index in [9.17, 15) is 13.2 Å². The predicted molar refractivity (Wildman–Crippen MR) is 74.7 cm³/mol. The third-order valence-electron chi connectivity index (χ3n) is 4.14. The standard InChI is InChI=1S/C13H24N2O3S/c1-10(13(16)15-11-4-2-3-5-11)14-12-6-8-19(17,18)9-7-12/h10-12,14H,2-9H2,1H3,(H,15,16). The summed E-state index contributed by atoms with van der Waals surface area (Å²) in [5, 5.41) is 6.32. The van der Waals surface area contributed by atoms with Crippen molar-refractivity contribution < 1.29 is 13.2 Å². The van der Waals surface area contributed by atoms with Gasteiger partial charge in [0.25, 0.3) is 0 Å². The molecule has 1 heterocycles. The number of amides is 1. The normalized spacial score (nSPS) is 26.2. The van der Waals surface area contributed by atoms with Crippen LogP contribution in [0.25, 0.3) is 0 Å². The average Bonchev–Trinajstić information content (AvgIpc) is 2.84. The molecule has 2 rings (SSSR count). The van der Waals surface area contributed by atoms with E-state index in [1.807, 2.05) is 6.92 Å². The van der Waals surface area contributed by atoms with E-state index in [0.29, 0.717) is 18.9 Å². The number of hydrogen-bond donors (Lipinski definition) is 2. The van der Waals surface area contributed by atoms with E-state index in [0.717, 1.165) is 12.8 Å². The Hall–Kier alpha value is -0.620. The van der Waals surface area contributed by atoms with Crippen LogP contribution in [0.1, 0.15) is 45.4 Å². The molecule has 1 unspecified atom stereocenters. The van der Waals surface area contributed by atoms with Gasteiger partial charge in [-0.3, -0.25) is 4.79 Å². The van der Waals surface area contributed by atoms with E-state index in [1.54, 1.807) is 0 Å². The molecule has 1 aliphatic heterocycles. The van der Waals surface area contributed by atoms with Crippen molar-refractivity contribution in [1.29, 1.82) is 0 Å². The van der Waals surface area contributed by atoms with Gasteiger partial charge in [-0.25, -0.2) is 8.42 Å². The number of carbonyl (C=O) groups is 1. The van der Waals surface area contributed by atoms with Crippen LogP contribution in [0.2, 0.25) is 0 Å². The monoisotopic (exact) mass is 288 g/mol.